The fourth-order valence-corrected chi connectivity index (χ4v) is 2.79. The van der Waals surface area contributed by atoms with Crippen LogP contribution in [0.4, 0.5) is 0 Å². The number of piperidine rings is 1. The molecule has 0 atom stereocenters. The highest BCUT2D eigenvalue weighted by Crippen LogP contribution is 2.29. The molecule has 1 fully saturated rings. The van der Waals surface area contributed by atoms with Crippen LogP contribution in [0.15, 0.2) is 24.3 Å². The number of nitrogens with zero attached hydrogens (tertiary/aromatic N) is 1. The van der Waals surface area contributed by atoms with E-state index < -0.39 is 11.6 Å². The van der Waals surface area contributed by atoms with Crippen LogP contribution in [0.1, 0.15) is 49.5 Å². The molecule has 1 aliphatic heterocycles. The first-order chi connectivity index (χ1) is 10.1. The second kappa shape index (κ2) is 5.72. The predicted octanol–water partition coefficient (Wildman–Crippen LogP) is 2.04. The lowest BCUT2D eigenvalue weighted by Gasteiger charge is -2.36. The molecule has 0 aromatic heterocycles. The van der Waals surface area contributed by atoms with Crippen molar-refractivity contribution in [3.05, 3.63) is 35.4 Å². The van der Waals surface area contributed by atoms with Gasteiger partial charge >= 0.3 is 5.97 Å². The van der Waals surface area contributed by atoms with Gasteiger partial charge in [0.05, 0.1) is 0 Å². The third kappa shape index (κ3) is 3.14. The maximum atomic E-state index is 12.7. The summed E-state index contributed by atoms with van der Waals surface area (Å²) in [6, 6.07) is 7.50. The molecular weight excluding hydrogens is 282 g/mol. The van der Waals surface area contributed by atoms with Gasteiger partial charge in [-0.25, -0.2) is 4.79 Å². The van der Waals surface area contributed by atoms with Crippen LogP contribution in [0.3, 0.4) is 0 Å². The smallest absolute Gasteiger partial charge is 0.335 e. The molecule has 0 unspecified atom stereocenters. The molecule has 0 saturated carbocycles. The molecule has 5 nitrogen and oxygen atoms in total. The molecule has 1 aliphatic rings. The van der Waals surface area contributed by atoms with Crippen LogP contribution in [0.5, 0.6) is 0 Å². The lowest BCUT2D eigenvalue weighted by molar-refractivity contribution is -0.162. The Morgan fingerprint density at radius 1 is 1.14 bits per heavy atom. The van der Waals surface area contributed by atoms with Crippen LogP contribution in [-0.4, -0.2) is 45.7 Å². The van der Waals surface area contributed by atoms with E-state index in [-0.39, 0.29) is 37.3 Å². The molecule has 1 heterocycles. The molecule has 1 aromatic carbocycles. The molecule has 1 aromatic rings. The number of hydrogen-bond donors (Lipinski definition) is 2. The minimum Gasteiger partial charge on any atom is -0.479 e. The predicted molar refractivity (Wildman–Crippen MR) is 82.9 cm³/mol. The summed E-state index contributed by atoms with van der Waals surface area (Å²) < 4.78 is 0. The lowest BCUT2D eigenvalue weighted by atomic mass is 9.83. The zero-order valence-electron chi connectivity index (χ0n) is 13.3. The number of carboxylic acids is 1. The number of aliphatic hydroxyl groups is 1. The SMILES string of the molecule is CC(C)(C)c1ccccc1C(=O)N1CCC(O)(C(=O)O)CC1. The van der Waals surface area contributed by atoms with Crippen LogP contribution in [0.25, 0.3) is 0 Å². The van der Waals surface area contributed by atoms with E-state index in [1.165, 1.54) is 0 Å². The average Bonchev–Trinajstić information content (AvgIpc) is 2.46. The molecule has 1 amide bonds. The molecule has 0 aliphatic carbocycles. The van der Waals surface area contributed by atoms with Crippen molar-refractivity contribution in [2.75, 3.05) is 13.1 Å². The van der Waals surface area contributed by atoms with Gasteiger partial charge in [0.2, 0.25) is 0 Å². The van der Waals surface area contributed by atoms with E-state index in [1.807, 2.05) is 18.2 Å². The van der Waals surface area contributed by atoms with E-state index in [9.17, 15) is 14.7 Å². The molecule has 5 heteroatoms. The third-order valence-electron chi connectivity index (χ3n) is 4.24. The zero-order valence-corrected chi connectivity index (χ0v) is 13.3. The van der Waals surface area contributed by atoms with E-state index in [4.69, 9.17) is 5.11 Å². The highest BCUT2D eigenvalue weighted by molar-refractivity contribution is 5.96. The Bertz CT molecular complexity index is 581. The Labute approximate surface area is 130 Å². The minimum atomic E-state index is -1.71. The number of rotatable bonds is 2. The van der Waals surface area contributed by atoms with Crippen LogP contribution in [0.2, 0.25) is 0 Å². The maximum absolute atomic E-state index is 12.7. The molecule has 2 N–H and O–H groups in total. The van der Waals surface area contributed by atoms with Gasteiger partial charge in [-0.15, -0.1) is 0 Å². The van der Waals surface area contributed by atoms with E-state index in [1.54, 1.807) is 11.0 Å². The Kier molecular flexibility index (Phi) is 4.29. The molecule has 0 radical (unpaired) electrons. The molecule has 2 rings (SSSR count). The largest absolute Gasteiger partial charge is 0.479 e. The summed E-state index contributed by atoms with van der Waals surface area (Å²) in [5.74, 6) is -1.31. The monoisotopic (exact) mass is 305 g/mol. The minimum absolute atomic E-state index is 0.0613. The Morgan fingerprint density at radius 3 is 2.18 bits per heavy atom. The van der Waals surface area contributed by atoms with Crippen molar-refractivity contribution in [1.82, 2.24) is 4.90 Å². The molecule has 0 spiro atoms. The highest BCUT2D eigenvalue weighted by atomic mass is 16.4. The molecule has 0 bridgehead atoms. The first kappa shape index (κ1) is 16.5. The van der Waals surface area contributed by atoms with Gasteiger partial charge in [0.15, 0.2) is 5.60 Å². The topological polar surface area (TPSA) is 77.8 Å². The van der Waals surface area contributed by atoms with Crippen molar-refractivity contribution in [3.63, 3.8) is 0 Å². The van der Waals surface area contributed by atoms with Gasteiger partial charge in [-0.1, -0.05) is 39.0 Å². The normalized spacial score (nSPS) is 18.1. The number of carbonyl (C=O) groups is 2. The second-order valence-electron chi connectivity index (χ2n) is 6.92. The number of carboxylic acid groups (broad SMARTS) is 1. The van der Waals surface area contributed by atoms with Gasteiger partial charge in [0.1, 0.15) is 0 Å². The molecular formula is C17H23NO4. The van der Waals surface area contributed by atoms with Crippen LogP contribution in [0, 0.1) is 0 Å². The van der Waals surface area contributed by atoms with Crippen molar-refractivity contribution < 1.29 is 19.8 Å². The summed E-state index contributed by atoms with van der Waals surface area (Å²) in [7, 11) is 0. The van der Waals surface area contributed by atoms with E-state index in [2.05, 4.69) is 20.8 Å². The van der Waals surface area contributed by atoms with E-state index >= 15 is 0 Å². The highest BCUT2D eigenvalue weighted by Gasteiger charge is 2.40. The fraction of sp³-hybridized carbons (Fsp3) is 0.529. The van der Waals surface area contributed by atoms with Gasteiger partial charge in [-0.2, -0.15) is 0 Å². The van der Waals surface area contributed by atoms with Gasteiger partial charge < -0.3 is 15.1 Å². The fourth-order valence-electron chi connectivity index (χ4n) is 2.79. The van der Waals surface area contributed by atoms with Gasteiger partial charge in [-0.05, 0) is 17.0 Å². The number of benzene rings is 1. The number of aliphatic carboxylic acids is 1. The molecule has 120 valence electrons. The van der Waals surface area contributed by atoms with Crippen molar-refractivity contribution in [2.45, 2.75) is 44.6 Å². The lowest BCUT2D eigenvalue weighted by Crippen LogP contribution is -2.51. The van der Waals surface area contributed by atoms with Crippen LogP contribution in [-0.2, 0) is 10.2 Å². The van der Waals surface area contributed by atoms with E-state index in [0.717, 1.165) is 5.56 Å². The number of carbonyl (C=O) groups excluding carboxylic acids is 1. The molecule has 22 heavy (non-hydrogen) atoms. The number of likely N-dealkylation sites (tertiary alicyclic amines) is 1. The first-order valence-electron chi connectivity index (χ1n) is 7.50. The van der Waals surface area contributed by atoms with Gasteiger partial charge in [0.25, 0.3) is 5.91 Å². The third-order valence-corrected chi connectivity index (χ3v) is 4.24. The summed E-state index contributed by atoms with van der Waals surface area (Å²) in [5.41, 5.74) is -0.237. The summed E-state index contributed by atoms with van der Waals surface area (Å²) in [4.78, 5) is 25.4. The van der Waals surface area contributed by atoms with Crippen LogP contribution >= 0.6 is 0 Å². The van der Waals surface area contributed by atoms with Gasteiger partial charge in [0, 0.05) is 31.5 Å². The summed E-state index contributed by atoms with van der Waals surface area (Å²) in [5, 5.41) is 19.0. The average molecular weight is 305 g/mol. The summed E-state index contributed by atoms with van der Waals surface area (Å²) in [6.45, 7) is 6.66. The van der Waals surface area contributed by atoms with Crippen molar-refractivity contribution in [1.29, 1.82) is 0 Å². The summed E-state index contributed by atoms with van der Waals surface area (Å²) >= 11 is 0. The number of amides is 1. The van der Waals surface area contributed by atoms with Crippen LogP contribution < -0.4 is 0 Å². The Hall–Kier alpha value is -1.88. The quantitative estimate of drug-likeness (QED) is 0.876. The molecule has 1 saturated heterocycles. The second-order valence-corrected chi connectivity index (χ2v) is 6.92. The van der Waals surface area contributed by atoms with E-state index in [0.29, 0.717) is 5.56 Å². The maximum Gasteiger partial charge on any atom is 0.335 e. The summed E-state index contributed by atoms with van der Waals surface area (Å²) in [6.07, 6.45) is 0.123. The van der Waals surface area contributed by atoms with Gasteiger partial charge in [-0.3, -0.25) is 4.79 Å². The Balaban J connectivity index is 2.20. The first-order valence-corrected chi connectivity index (χ1v) is 7.50. The van der Waals surface area contributed by atoms with Crippen molar-refractivity contribution >= 4 is 11.9 Å². The Morgan fingerprint density at radius 2 is 1.68 bits per heavy atom. The van der Waals surface area contributed by atoms with Crippen molar-refractivity contribution in [3.8, 4) is 0 Å². The number of hydrogen-bond acceptors (Lipinski definition) is 3. The standard InChI is InChI=1S/C17H23NO4/c1-16(2,3)13-7-5-4-6-12(13)14(19)18-10-8-17(22,9-11-18)15(20)21/h4-7,22H,8-11H2,1-3H3,(H,20,21). The van der Waals surface area contributed by atoms with Crippen molar-refractivity contribution in [2.24, 2.45) is 0 Å². The zero-order chi connectivity index (χ0) is 16.5.